The predicted octanol–water partition coefficient (Wildman–Crippen LogP) is 1.66. The molecule has 12 heteroatoms. The maximum atomic E-state index is 12.9. The van der Waals surface area contributed by atoms with Gasteiger partial charge in [-0.05, 0) is 12.1 Å². The minimum Gasteiger partial charge on any atom is -0.493 e. The first-order valence-corrected chi connectivity index (χ1v) is 10.4. The van der Waals surface area contributed by atoms with Crippen LogP contribution in [-0.2, 0) is 21.8 Å². The standard InChI is InChI=1S/C19H20N2O9S/c1-21-14-5-4-11(8-15(14)30-19(21)24)31(25,26)20-13-10-17(29-7-6-27-2)16(28-3)9-12(13)18(22)23/h4-5,8-10,20H,6-7H2,1-3H3,(H,22,23). The van der Waals surface area contributed by atoms with Gasteiger partial charge in [0, 0.05) is 32.4 Å². The topological polar surface area (TPSA) is 146 Å². The smallest absolute Gasteiger partial charge is 0.419 e. The maximum absolute atomic E-state index is 12.9. The Hall–Kier alpha value is -3.51. The summed E-state index contributed by atoms with van der Waals surface area (Å²) in [6.07, 6.45) is 0. The molecule has 3 aromatic rings. The molecule has 0 aliphatic carbocycles. The fourth-order valence-electron chi connectivity index (χ4n) is 2.81. The van der Waals surface area contributed by atoms with Gasteiger partial charge in [-0.1, -0.05) is 0 Å². The number of aryl methyl sites for hydroxylation is 1. The number of fused-ring (bicyclic) bond motifs is 1. The van der Waals surface area contributed by atoms with E-state index in [4.69, 9.17) is 18.6 Å². The van der Waals surface area contributed by atoms with E-state index in [0.29, 0.717) is 5.52 Å². The number of nitrogens with one attached hydrogen (secondary N) is 1. The third kappa shape index (κ3) is 4.49. The SMILES string of the molecule is COCCOc1cc(NS(=O)(=O)c2ccc3c(c2)oc(=O)n3C)c(C(=O)O)cc1OC. The second-order valence-corrected chi connectivity index (χ2v) is 8.04. The maximum Gasteiger partial charge on any atom is 0.419 e. The highest BCUT2D eigenvalue weighted by Crippen LogP contribution is 2.35. The molecule has 0 amide bonds. The number of anilines is 1. The summed E-state index contributed by atoms with van der Waals surface area (Å²) in [5, 5.41) is 9.53. The molecule has 0 atom stereocenters. The Morgan fingerprint density at radius 1 is 1.16 bits per heavy atom. The summed E-state index contributed by atoms with van der Waals surface area (Å²) >= 11 is 0. The summed E-state index contributed by atoms with van der Waals surface area (Å²) in [5.74, 6) is -1.77. The number of aromatic carboxylic acids is 1. The number of methoxy groups -OCH3 is 2. The van der Waals surface area contributed by atoms with Crippen molar-refractivity contribution in [3.63, 3.8) is 0 Å². The van der Waals surface area contributed by atoms with E-state index in [-0.39, 0.29) is 46.4 Å². The van der Waals surface area contributed by atoms with E-state index in [2.05, 4.69) is 4.72 Å². The average molecular weight is 452 g/mol. The molecule has 166 valence electrons. The molecule has 0 fully saturated rings. The van der Waals surface area contributed by atoms with Crippen molar-refractivity contribution in [2.24, 2.45) is 7.05 Å². The summed E-state index contributed by atoms with van der Waals surface area (Å²) in [6.45, 7) is 0.391. The molecular formula is C19H20N2O9S. The van der Waals surface area contributed by atoms with Crippen LogP contribution in [0.2, 0.25) is 0 Å². The highest BCUT2D eigenvalue weighted by Gasteiger charge is 2.23. The first kappa shape index (κ1) is 22.2. The lowest BCUT2D eigenvalue weighted by molar-refractivity contribution is 0.0697. The zero-order valence-corrected chi connectivity index (χ0v) is 17.7. The molecule has 0 radical (unpaired) electrons. The molecule has 0 spiro atoms. The monoisotopic (exact) mass is 452 g/mol. The Morgan fingerprint density at radius 2 is 1.90 bits per heavy atom. The lowest BCUT2D eigenvalue weighted by atomic mass is 10.1. The quantitative estimate of drug-likeness (QED) is 0.463. The highest BCUT2D eigenvalue weighted by atomic mass is 32.2. The summed E-state index contributed by atoms with van der Waals surface area (Å²) in [6, 6.07) is 6.25. The third-order valence-corrected chi connectivity index (χ3v) is 5.76. The van der Waals surface area contributed by atoms with Crippen molar-refractivity contribution >= 4 is 32.8 Å². The zero-order valence-electron chi connectivity index (χ0n) is 16.9. The van der Waals surface area contributed by atoms with Crippen molar-refractivity contribution in [1.82, 2.24) is 4.57 Å². The van der Waals surface area contributed by atoms with E-state index in [0.717, 1.165) is 6.07 Å². The Bertz CT molecular complexity index is 1290. The molecule has 31 heavy (non-hydrogen) atoms. The Kier molecular flexibility index (Phi) is 6.22. The molecule has 2 aromatic carbocycles. The number of benzene rings is 2. The predicted molar refractivity (Wildman–Crippen MR) is 110 cm³/mol. The van der Waals surface area contributed by atoms with E-state index < -0.39 is 21.7 Å². The van der Waals surface area contributed by atoms with Gasteiger partial charge in [0.15, 0.2) is 17.1 Å². The molecule has 1 heterocycles. The number of carboxylic acids is 1. The van der Waals surface area contributed by atoms with Gasteiger partial charge in [-0.25, -0.2) is 18.0 Å². The van der Waals surface area contributed by atoms with Crippen molar-refractivity contribution in [3.8, 4) is 11.5 Å². The fraction of sp³-hybridized carbons (Fsp3) is 0.263. The highest BCUT2D eigenvalue weighted by molar-refractivity contribution is 7.92. The van der Waals surface area contributed by atoms with Gasteiger partial charge in [-0.3, -0.25) is 9.29 Å². The van der Waals surface area contributed by atoms with Crippen LogP contribution >= 0.6 is 0 Å². The van der Waals surface area contributed by atoms with E-state index in [9.17, 15) is 23.1 Å². The van der Waals surface area contributed by atoms with Crippen LogP contribution in [0, 0.1) is 0 Å². The van der Waals surface area contributed by atoms with E-state index >= 15 is 0 Å². The third-order valence-electron chi connectivity index (χ3n) is 4.40. The summed E-state index contributed by atoms with van der Waals surface area (Å²) in [4.78, 5) is 23.1. The van der Waals surface area contributed by atoms with Gasteiger partial charge in [-0.15, -0.1) is 0 Å². The second kappa shape index (κ2) is 8.70. The first-order valence-electron chi connectivity index (χ1n) is 8.87. The van der Waals surface area contributed by atoms with Gasteiger partial charge in [0.1, 0.15) is 6.61 Å². The molecule has 1 aromatic heterocycles. The van der Waals surface area contributed by atoms with Gasteiger partial charge in [0.2, 0.25) is 0 Å². The van der Waals surface area contributed by atoms with E-state index in [1.165, 1.54) is 50.1 Å². The average Bonchev–Trinajstić information content (AvgIpc) is 3.01. The molecule has 0 aliphatic rings. The van der Waals surface area contributed by atoms with Gasteiger partial charge < -0.3 is 23.7 Å². The molecule has 0 saturated heterocycles. The number of sulfonamides is 1. The van der Waals surface area contributed by atoms with Crippen molar-refractivity contribution in [2.45, 2.75) is 4.90 Å². The Balaban J connectivity index is 2.03. The zero-order chi connectivity index (χ0) is 22.8. The van der Waals surface area contributed by atoms with Crippen LogP contribution in [0.5, 0.6) is 11.5 Å². The summed E-state index contributed by atoms with van der Waals surface area (Å²) < 4.78 is 49.9. The van der Waals surface area contributed by atoms with Crippen molar-refractivity contribution in [1.29, 1.82) is 0 Å². The Morgan fingerprint density at radius 3 is 2.55 bits per heavy atom. The lowest BCUT2D eigenvalue weighted by Gasteiger charge is -2.16. The van der Waals surface area contributed by atoms with Crippen molar-refractivity contribution < 1.29 is 36.9 Å². The number of carbonyl (C=O) groups is 1. The van der Waals surface area contributed by atoms with Crippen LogP contribution in [0.15, 0.2) is 44.4 Å². The molecular weight excluding hydrogens is 432 g/mol. The number of aromatic nitrogens is 1. The van der Waals surface area contributed by atoms with Crippen LogP contribution < -0.4 is 20.0 Å². The molecule has 0 saturated carbocycles. The van der Waals surface area contributed by atoms with Crippen molar-refractivity contribution in [2.75, 3.05) is 32.2 Å². The van der Waals surface area contributed by atoms with Gasteiger partial charge in [0.25, 0.3) is 10.0 Å². The minimum atomic E-state index is -4.23. The normalized spacial score (nSPS) is 11.5. The second-order valence-electron chi connectivity index (χ2n) is 6.36. The molecule has 0 unspecified atom stereocenters. The number of rotatable bonds is 9. The van der Waals surface area contributed by atoms with Crippen LogP contribution in [0.1, 0.15) is 10.4 Å². The van der Waals surface area contributed by atoms with Crippen molar-refractivity contribution in [3.05, 3.63) is 46.4 Å². The molecule has 0 bridgehead atoms. The van der Waals surface area contributed by atoms with Crippen LogP contribution in [-0.4, -0.2) is 51.5 Å². The fourth-order valence-corrected chi connectivity index (χ4v) is 3.90. The number of nitrogens with zero attached hydrogens (tertiary/aromatic N) is 1. The number of carboxylic acid groups (broad SMARTS) is 1. The van der Waals surface area contributed by atoms with Crippen LogP contribution in [0.25, 0.3) is 11.1 Å². The van der Waals surface area contributed by atoms with E-state index in [1.54, 1.807) is 0 Å². The van der Waals surface area contributed by atoms with Gasteiger partial charge in [-0.2, -0.15) is 0 Å². The van der Waals surface area contributed by atoms with Crippen LogP contribution in [0.4, 0.5) is 5.69 Å². The molecule has 11 nitrogen and oxygen atoms in total. The largest absolute Gasteiger partial charge is 0.493 e. The Labute approximate surface area is 176 Å². The molecule has 2 N–H and O–H groups in total. The number of ether oxygens (including phenoxy) is 3. The molecule has 0 aliphatic heterocycles. The summed E-state index contributed by atoms with van der Waals surface area (Å²) in [7, 11) is 0.0723. The van der Waals surface area contributed by atoms with Crippen LogP contribution in [0.3, 0.4) is 0 Å². The number of hydrogen-bond donors (Lipinski definition) is 2. The molecule has 3 rings (SSSR count). The number of hydrogen-bond acceptors (Lipinski definition) is 8. The lowest BCUT2D eigenvalue weighted by Crippen LogP contribution is -2.16. The van der Waals surface area contributed by atoms with E-state index in [1.807, 2.05) is 0 Å². The summed E-state index contributed by atoms with van der Waals surface area (Å²) in [5.41, 5.74) is -0.0808. The number of oxazole rings is 1. The van der Waals surface area contributed by atoms with Gasteiger partial charge >= 0.3 is 11.7 Å². The first-order chi connectivity index (χ1) is 14.7. The van der Waals surface area contributed by atoms with Gasteiger partial charge in [0.05, 0.1) is 35.4 Å². The minimum absolute atomic E-state index is 0.0761.